The third kappa shape index (κ3) is 4.54. The van der Waals surface area contributed by atoms with Gasteiger partial charge in [0.1, 0.15) is 0 Å². The predicted molar refractivity (Wildman–Crippen MR) is 70.2 cm³/mol. The van der Waals surface area contributed by atoms with Crippen LogP contribution < -0.4 is 5.32 Å². The number of nitrogens with zero attached hydrogens (tertiary/aromatic N) is 1. The summed E-state index contributed by atoms with van der Waals surface area (Å²) in [7, 11) is 0. The van der Waals surface area contributed by atoms with Gasteiger partial charge < -0.3 is 10.4 Å². The SMILES string of the molecule is O=C(O)CC(NC(=O)/C=C/c1cccnc1)C1CC1. The van der Waals surface area contributed by atoms with Crippen LogP contribution in [0.3, 0.4) is 0 Å². The zero-order chi connectivity index (χ0) is 13.7. The molecule has 1 fully saturated rings. The molecule has 1 amide bonds. The zero-order valence-electron chi connectivity index (χ0n) is 10.5. The molecule has 1 heterocycles. The maximum absolute atomic E-state index is 11.7. The van der Waals surface area contributed by atoms with Gasteiger partial charge in [-0.2, -0.15) is 0 Å². The van der Waals surface area contributed by atoms with Gasteiger partial charge in [0.2, 0.25) is 5.91 Å². The molecule has 1 aliphatic rings. The molecule has 0 aromatic carbocycles. The number of carbonyl (C=O) groups is 2. The molecule has 19 heavy (non-hydrogen) atoms. The minimum atomic E-state index is -0.881. The third-order valence-corrected chi connectivity index (χ3v) is 3.02. The fraction of sp³-hybridized carbons (Fsp3) is 0.357. The molecule has 1 aliphatic carbocycles. The molecule has 2 N–H and O–H groups in total. The highest BCUT2D eigenvalue weighted by Gasteiger charge is 2.33. The van der Waals surface area contributed by atoms with Crippen molar-refractivity contribution >= 4 is 18.0 Å². The Morgan fingerprint density at radius 3 is 2.89 bits per heavy atom. The van der Waals surface area contributed by atoms with Gasteiger partial charge in [-0.15, -0.1) is 0 Å². The first-order chi connectivity index (χ1) is 9.15. The molecular weight excluding hydrogens is 244 g/mol. The molecule has 1 atom stereocenters. The van der Waals surface area contributed by atoms with E-state index in [9.17, 15) is 9.59 Å². The summed E-state index contributed by atoms with van der Waals surface area (Å²) in [5.74, 6) is -0.831. The van der Waals surface area contributed by atoms with Crippen LogP contribution in [0.25, 0.3) is 6.08 Å². The van der Waals surface area contributed by atoms with Crippen molar-refractivity contribution < 1.29 is 14.7 Å². The Kier molecular flexibility index (Phi) is 4.28. The molecule has 1 unspecified atom stereocenters. The van der Waals surface area contributed by atoms with E-state index in [0.29, 0.717) is 5.92 Å². The molecule has 2 rings (SSSR count). The number of pyridine rings is 1. The summed E-state index contributed by atoms with van der Waals surface area (Å²) in [4.78, 5) is 26.4. The molecule has 100 valence electrons. The second-order valence-corrected chi connectivity index (χ2v) is 4.67. The van der Waals surface area contributed by atoms with E-state index in [1.165, 1.54) is 6.08 Å². The van der Waals surface area contributed by atoms with Crippen molar-refractivity contribution in [2.45, 2.75) is 25.3 Å². The summed E-state index contributed by atoms with van der Waals surface area (Å²) in [6, 6.07) is 3.37. The van der Waals surface area contributed by atoms with E-state index in [0.717, 1.165) is 18.4 Å². The average Bonchev–Trinajstić information content (AvgIpc) is 3.20. The first-order valence-electron chi connectivity index (χ1n) is 6.25. The van der Waals surface area contributed by atoms with Crippen molar-refractivity contribution in [1.29, 1.82) is 0 Å². The maximum atomic E-state index is 11.7. The Morgan fingerprint density at radius 1 is 1.53 bits per heavy atom. The van der Waals surface area contributed by atoms with E-state index >= 15 is 0 Å². The van der Waals surface area contributed by atoms with Gasteiger partial charge >= 0.3 is 5.97 Å². The zero-order valence-corrected chi connectivity index (χ0v) is 10.5. The number of carboxylic acid groups (broad SMARTS) is 1. The second kappa shape index (κ2) is 6.13. The lowest BCUT2D eigenvalue weighted by molar-refractivity contribution is -0.137. The van der Waals surface area contributed by atoms with Crippen molar-refractivity contribution in [2.75, 3.05) is 0 Å². The highest BCUT2D eigenvalue weighted by atomic mass is 16.4. The fourth-order valence-corrected chi connectivity index (χ4v) is 1.90. The Hall–Kier alpha value is -2.17. The third-order valence-electron chi connectivity index (χ3n) is 3.02. The largest absolute Gasteiger partial charge is 0.481 e. The van der Waals surface area contributed by atoms with Gasteiger partial charge in [0.15, 0.2) is 0 Å². The van der Waals surface area contributed by atoms with Crippen LogP contribution in [-0.4, -0.2) is 28.0 Å². The lowest BCUT2D eigenvalue weighted by atomic mass is 10.1. The number of carboxylic acids is 1. The van der Waals surface area contributed by atoms with Crippen LogP contribution in [-0.2, 0) is 9.59 Å². The number of amides is 1. The van der Waals surface area contributed by atoms with Crippen LogP contribution in [0.5, 0.6) is 0 Å². The van der Waals surface area contributed by atoms with Crippen LogP contribution in [0.4, 0.5) is 0 Å². The van der Waals surface area contributed by atoms with Crippen molar-refractivity contribution in [3.8, 4) is 0 Å². The maximum Gasteiger partial charge on any atom is 0.305 e. The lowest BCUT2D eigenvalue weighted by Crippen LogP contribution is -2.37. The minimum absolute atomic E-state index is 0.0167. The standard InChI is InChI=1S/C14H16N2O3/c17-13(6-3-10-2-1-7-15-9-10)16-12(8-14(18)19)11-4-5-11/h1-3,6-7,9,11-12H,4-5,8H2,(H,16,17)(H,18,19)/b6-3+. The van der Waals surface area contributed by atoms with E-state index in [1.807, 2.05) is 6.07 Å². The summed E-state index contributed by atoms with van der Waals surface area (Å²) < 4.78 is 0. The van der Waals surface area contributed by atoms with Crippen LogP contribution in [0.15, 0.2) is 30.6 Å². The summed E-state index contributed by atoms with van der Waals surface area (Å²) in [5, 5.41) is 11.6. The number of aromatic nitrogens is 1. The van der Waals surface area contributed by atoms with Gasteiger partial charge in [0.05, 0.1) is 6.42 Å². The molecule has 0 spiro atoms. The van der Waals surface area contributed by atoms with Gasteiger partial charge in [-0.3, -0.25) is 14.6 Å². The van der Waals surface area contributed by atoms with E-state index in [4.69, 9.17) is 5.11 Å². The molecular formula is C14H16N2O3. The quantitative estimate of drug-likeness (QED) is 0.759. The Morgan fingerprint density at radius 2 is 2.32 bits per heavy atom. The van der Waals surface area contributed by atoms with Gasteiger partial charge in [0.25, 0.3) is 0 Å². The van der Waals surface area contributed by atoms with Crippen molar-refractivity contribution in [3.63, 3.8) is 0 Å². The van der Waals surface area contributed by atoms with E-state index in [-0.39, 0.29) is 18.4 Å². The molecule has 1 aromatic rings. The van der Waals surface area contributed by atoms with Crippen LogP contribution in [0.2, 0.25) is 0 Å². The van der Waals surface area contributed by atoms with Crippen LogP contribution in [0.1, 0.15) is 24.8 Å². The monoisotopic (exact) mass is 260 g/mol. The fourth-order valence-electron chi connectivity index (χ4n) is 1.90. The normalized spacial score (nSPS) is 16.2. The highest BCUT2D eigenvalue weighted by molar-refractivity contribution is 5.92. The first-order valence-corrected chi connectivity index (χ1v) is 6.25. The smallest absolute Gasteiger partial charge is 0.305 e. The van der Waals surface area contributed by atoms with Crippen molar-refractivity contribution in [1.82, 2.24) is 10.3 Å². The molecule has 0 saturated heterocycles. The number of rotatable bonds is 6. The number of nitrogens with one attached hydrogen (secondary N) is 1. The number of hydrogen-bond acceptors (Lipinski definition) is 3. The van der Waals surface area contributed by atoms with Crippen LogP contribution in [0, 0.1) is 5.92 Å². The average molecular weight is 260 g/mol. The predicted octanol–water partition coefficient (Wildman–Crippen LogP) is 1.46. The van der Waals surface area contributed by atoms with Gasteiger partial charge in [-0.1, -0.05) is 6.07 Å². The molecule has 1 saturated carbocycles. The highest BCUT2D eigenvalue weighted by Crippen LogP contribution is 2.34. The van der Waals surface area contributed by atoms with Crippen LogP contribution >= 0.6 is 0 Å². The van der Waals surface area contributed by atoms with E-state index in [2.05, 4.69) is 10.3 Å². The topological polar surface area (TPSA) is 79.3 Å². The van der Waals surface area contributed by atoms with E-state index in [1.54, 1.807) is 24.5 Å². The lowest BCUT2D eigenvalue weighted by Gasteiger charge is -2.14. The number of carbonyl (C=O) groups excluding carboxylic acids is 1. The summed E-state index contributed by atoms with van der Waals surface area (Å²) >= 11 is 0. The molecule has 1 aromatic heterocycles. The molecule has 0 radical (unpaired) electrons. The Balaban J connectivity index is 1.89. The van der Waals surface area contributed by atoms with Gasteiger partial charge in [-0.25, -0.2) is 0 Å². The Labute approximate surface area is 111 Å². The summed E-state index contributed by atoms with van der Waals surface area (Å²) in [5.41, 5.74) is 0.832. The molecule has 0 aliphatic heterocycles. The van der Waals surface area contributed by atoms with Crippen molar-refractivity contribution in [3.05, 3.63) is 36.2 Å². The number of aliphatic carboxylic acids is 1. The molecule has 5 nitrogen and oxygen atoms in total. The first kappa shape index (κ1) is 13.3. The molecule has 0 bridgehead atoms. The van der Waals surface area contributed by atoms with Gasteiger partial charge in [0, 0.05) is 24.5 Å². The number of hydrogen-bond donors (Lipinski definition) is 2. The second-order valence-electron chi connectivity index (χ2n) is 4.67. The summed E-state index contributed by atoms with van der Waals surface area (Å²) in [6.07, 6.45) is 8.35. The van der Waals surface area contributed by atoms with E-state index < -0.39 is 5.97 Å². The molecule has 5 heteroatoms. The summed E-state index contributed by atoms with van der Waals surface area (Å²) in [6.45, 7) is 0. The van der Waals surface area contributed by atoms with Gasteiger partial charge in [-0.05, 0) is 36.5 Å². The Bertz CT molecular complexity index is 481. The minimum Gasteiger partial charge on any atom is -0.481 e. The van der Waals surface area contributed by atoms with Crippen molar-refractivity contribution in [2.24, 2.45) is 5.92 Å².